The first kappa shape index (κ1) is 16.6. The van der Waals surface area contributed by atoms with Crippen molar-refractivity contribution in [3.63, 3.8) is 0 Å². The van der Waals surface area contributed by atoms with E-state index in [1.807, 2.05) is 25.1 Å². The van der Waals surface area contributed by atoms with Crippen LogP contribution in [0.25, 0.3) is 0 Å². The largest absolute Gasteiger partial charge is 0.356 e. The van der Waals surface area contributed by atoms with Gasteiger partial charge in [-0.1, -0.05) is 11.8 Å². The van der Waals surface area contributed by atoms with Gasteiger partial charge in [-0.05, 0) is 38.3 Å². The maximum atomic E-state index is 12.1. The topological polar surface area (TPSA) is 83.9 Å². The van der Waals surface area contributed by atoms with Gasteiger partial charge in [0, 0.05) is 19.2 Å². The quantitative estimate of drug-likeness (QED) is 0.833. The molecule has 0 saturated carbocycles. The van der Waals surface area contributed by atoms with E-state index < -0.39 is 0 Å². The normalized spacial score (nSPS) is 14.5. The Morgan fingerprint density at radius 2 is 2.04 bits per heavy atom. The third-order valence-electron chi connectivity index (χ3n) is 3.72. The van der Waals surface area contributed by atoms with Crippen LogP contribution < -0.4 is 10.2 Å². The molecule has 2 aromatic heterocycles. The second-order valence-electron chi connectivity index (χ2n) is 5.66. The zero-order valence-electron chi connectivity index (χ0n) is 13.6. The van der Waals surface area contributed by atoms with Crippen molar-refractivity contribution in [1.82, 2.24) is 20.2 Å². The Bertz CT molecular complexity index is 687. The van der Waals surface area contributed by atoms with Gasteiger partial charge < -0.3 is 10.2 Å². The van der Waals surface area contributed by atoms with Gasteiger partial charge in [0.2, 0.25) is 5.91 Å². The maximum absolute atomic E-state index is 12.1. The fourth-order valence-electron chi connectivity index (χ4n) is 2.49. The minimum atomic E-state index is -0.120. The van der Waals surface area contributed by atoms with Crippen LogP contribution in [0.15, 0.2) is 29.6 Å². The third kappa shape index (κ3) is 4.64. The summed E-state index contributed by atoms with van der Waals surface area (Å²) in [6, 6.07) is 5.57. The molecule has 7 nitrogen and oxygen atoms in total. The first-order chi connectivity index (χ1) is 11.7. The van der Waals surface area contributed by atoms with Crippen LogP contribution in [-0.2, 0) is 4.79 Å². The van der Waals surface area contributed by atoms with Crippen molar-refractivity contribution in [2.24, 2.45) is 0 Å². The number of nitrogens with one attached hydrogen (secondary N) is 1. The standard InChI is InChI=1S/C16H20N6OS/c1-12-5-6-16(21-20-12)24-10-15(23)19-13-9-14(18-11-17-13)22-7-3-2-4-8-22/h5-6,9,11H,2-4,7-8,10H2,1H3,(H,17,18,19,23). The van der Waals surface area contributed by atoms with Crippen LogP contribution in [0.5, 0.6) is 0 Å². The molecule has 2 aromatic rings. The predicted octanol–water partition coefficient (Wildman–Crippen LogP) is 2.30. The molecule has 0 unspecified atom stereocenters. The second-order valence-corrected chi connectivity index (χ2v) is 6.65. The number of aromatic nitrogens is 4. The van der Waals surface area contributed by atoms with Crippen molar-refractivity contribution in [3.05, 3.63) is 30.2 Å². The van der Waals surface area contributed by atoms with E-state index in [-0.39, 0.29) is 11.7 Å². The Labute approximate surface area is 145 Å². The van der Waals surface area contributed by atoms with Crippen molar-refractivity contribution in [2.45, 2.75) is 31.2 Å². The zero-order valence-corrected chi connectivity index (χ0v) is 14.4. The molecule has 0 spiro atoms. The van der Waals surface area contributed by atoms with Gasteiger partial charge in [-0.3, -0.25) is 4.79 Å². The number of anilines is 2. The van der Waals surface area contributed by atoms with Crippen LogP contribution in [0.4, 0.5) is 11.6 Å². The first-order valence-corrected chi connectivity index (χ1v) is 8.99. The van der Waals surface area contributed by atoms with E-state index in [2.05, 4.69) is 30.4 Å². The zero-order chi connectivity index (χ0) is 16.8. The smallest absolute Gasteiger partial charge is 0.235 e. The molecule has 1 aliphatic rings. The fraction of sp³-hybridized carbons (Fsp3) is 0.438. The number of carbonyl (C=O) groups is 1. The number of piperidine rings is 1. The molecular weight excluding hydrogens is 324 g/mol. The van der Waals surface area contributed by atoms with Crippen LogP contribution in [0.1, 0.15) is 25.0 Å². The van der Waals surface area contributed by atoms with Gasteiger partial charge in [-0.15, -0.1) is 5.10 Å². The number of amides is 1. The lowest BCUT2D eigenvalue weighted by atomic mass is 10.1. The lowest BCUT2D eigenvalue weighted by molar-refractivity contribution is -0.113. The number of rotatable bonds is 5. The molecule has 3 heterocycles. The molecule has 1 N–H and O–H groups in total. The summed E-state index contributed by atoms with van der Waals surface area (Å²) in [7, 11) is 0. The third-order valence-corrected chi connectivity index (χ3v) is 4.64. The molecule has 0 bridgehead atoms. The Morgan fingerprint density at radius 1 is 1.21 bits per heavy atom. The van der Waals surface area contributed by atoms with Crippen LogP contribution in [0.2, 0.25) is 0 Å². The monoisotopic (exact) mass is 344 g/mol. The molecule has 0 aliphatic carbocycles. The van der Waals surface area contributed by atoms with E-state index in [4.69, 9.17) is 0 Å². The Morgan fingerprint density at radius 3 is 2.79 bits per heavy atom. The van der Waals surface area contributed by atoms with Crippen molar-refractivity contribution >= 4 is 29.3 Å². The molecule has 0 radical (unpaired) electrons. The minimum Gasteiger partial charge on any atom is -0.356 e. The van der Waals surface area contributed by atoms with Gasteiger partial charge in [0.1, 0.15) is 23.0 Å². The predicted molar refractivity (Wildman–Crippen MR) is 94.2 cm³/mol. The molecular formula is C16H20N6OS. The highest BCUT2D eigenvalue weighted by Crippen LogP contribution is 2.19. The van der Waals surface area contributed by atoms with E-state index >= 15 is 0 Å². The summed E-state index contributed by atoms with van der Waals surface area (Å²) < 4.78 is 0. The van der Waals surface area contributed by atoms with Crippen molar-refractivity contribution in [1.29, 1.82) is 0 Å². The van der Waals surface area contributed by atoms with E-state index in [0.717, 1.165) is 29.6 Å². The Hall–Kier alpha value is -2.22. The maximum Gasteiger partial charge on any atom is 0.235 e. The average molecular weight is 344 g/mol. The highest BCUT2D eigenvalue weighted by atomic mass is 32.2. The number of aryl methyl sites for hydroxylation is 1. The number of carbonyl (C=O) groups excluding carboxylic acids is 1. The number of nitrogens with zero attached hydrogens (tertiary/aromatic N) is 5. The van der Waals surface area contributed by atoms with Crippen molar-refractivity contribution in [2.75, 3.05) is 29.1 Å². The number of thioether (sulfide) groups is 1. The highest BCUT2D eigenvalue weighted by Gasteiger charge is 2.13. The molecule has 24 heavy (non-hydrogen) atoms. The molecule has 126 valence electrons. The lowest BCUT2D eigenvalue weighted by Gasteiger charge is -2.27. The van der Waals surface area contributed by atoms with Crippen LogP contribution in [0.3, 0.4) is 0 Å². The summed E-state index contributed by atoms with van der Waals surface area (Å²) in [6.07, 6.45) is 5.13. The number of hydrogen-bond donors (Lipinski definition) is 1. The molecule has 1 fully saturated rings. The van der Waals surface area contributed by atoms with Crippen molar-refractivity contribution in [3.8, 4) is 0 Å². The summed E-state index contributed by atoms with van der Waals surface area (Å²) in [5, 5.41) is 11.6. The van der Waals surface area contributed by atoms with E-state index in [1.54, 1.807) is 0 Å². The Balaban J connectivity index is 1.55. The summed E-state index contributed by atoms with van der Waals surface area (Å²) in [5.41, 5.74) is 0.857. The summed E-state index contributed by atoms with van der Waals surface area (Å²) >= 11 is 1.35. The van der Waals surface area contributed by atoms with E-state index in [9.17, 15) is 4.79 Å². The second kappa shape index (κ2) is 8.05. The van der Waals surface area contributed by atoms with Gasteiger partial charge in [0.25, 0.3) is 0 Å². The minimum absolute atomic E-state index is 0.120. The highest BCUT2D eigenvalue weighted by molar-refractivity contribution is 7.99. The summed E-state index contributed by atoms with van der Waals surface area (Å²) in [5.74, 6) is 1.55. The van der Waals surface area contributed by atoms with Crippen LogP contribution in [-0.4, -0.2) is 44.9 Å². The molecule has 3 rings (SSSR count). The molecule has 1 saturated heterocycles. The van der Waals surface area contributed by atoms with Gasteiger partial charge in [0.15, 0.2) is 0 Å². The van der Waals surface area contributed by atoms with Gasteiger partial charge >= 0.3 is 0 Å². The first-order valence-electron chi connectivity index (χ1n) is 8.01. The SMILES string of the molecule is Cc1ccc(SCC(=O)Nc2cc(N3CCCCC3)ncn2)nn1. The van der Waals surface area contributed by atoms with Crippen LogP contribution >= 0.6 is 11.8 Å². The van der Waals surface area contributed by atoms with E-state index in [1.165, 1.54) is 37.4 Å². The van der Waals surface area contributed by atoms with Crippen LogP contribution in [0, 0.1) is 6.92 Å². The van der Waals surface area contributed by atoms with Gasteiger partial charge in [-0.2, -0.15) is 5.10 Å². The molecule has 8 heteroatoms. The Kier molecular flexibility index (Phi) is 5.58. The molecule has 0 atom stereocenters. The van der Waals surface area contributed by atoms with Gasteiger partial charge in [0.05, 0.1) is 11.4 Å². The molecule has 1 amide bonds. The van der Waals surface area contributed by atoms with E-state index in [0.29, 0.717) is 5.82 Å². The summed E-state index contributed by atoms with van der Waals surface area (Å²) in [6.45, 7) is 3.89. The average Bonchev–Trinajstić information content (AvgIpc) is 2.62. The van der Waals surface area contributed by atoms with Crippen molar-refractivity contribution < 1.29 is 4.79 Å². The molecule has 1 aliphatic heterocycles. The van der Waals surface area contributed by atoms with Gasteiger partial charge in [-0.25, -0.2) is 9.97 Å². The number of hydrogen-bond acceptors (Lipinski definition) is 7. The lowest BCUT2D eigenvalue weighted by Crippen LogP contribution is -2.30. The summed E-state index contributed by atoms with van der Waals surface area (Å²) in [4.78, 5) is 22.8. The molecule has 0 aromatic carbocycles. The fourth-order valence-corrected chi connectivity index (χ4v) is 3.11.